The lowest BCUT2D eigenvalue weighted by atomic mass is 10.2. The molecule has 0 saturated heterocycles. The van der Waals surface area contributed by atoms with Gasteiger partial charge in [-0.2, -0.15) is 4.31 Å². The molecule has 0 saturated carbocycles. The normalized spacial score (nSPS) is 12.2. The van der Waals surface area contributed by atoms with Crippen molar-refractivity contribution in [3.8, 4) is 0 Å². The van der Waals surface area contributed by atoms with Crippen molar-refractivity contribution in [3.05, 3.63) is 16.3 Å². The number of hydrogen-bond donors (Lipinski definition) is 2. The van der Waals surface area contributed by atoms with Crippen molar-refractivity contribution in [1.82, 2.24) is 4.31 Å². The second kappa shape index (κ2) is 7.16. The average molecular weight is 321 g/mol. The van der Waals surface area contributed by atoms with Crippen molar-refractivity contribution in [2.45, 2.75) is 37.6 Å². The van der Waals surface area contributed by atoms with Crippen LogP contribution in [0.1, 0.15) is 36.4 Å². The Morgan fingerprint density at radius 2 is 2.00 bits per heavy atom. The van der Waals surface area contributed by atoms with E-state index in [2.05, 4.69) is 0 Å². The summed E-state index contributed by atoms with van der Waals surface area (Å²) in [4.78, 5) is 10.8. The molecule has 0 aliphatic heterocycles. The highest BCUT2D eigenvalue weighted by Gasteiger charge is 2.30. The molecular formula is C12H19NO5S2. The predicted octanol–water partition coefficient (Wildman–Crippen LogP) is 1.62. The van der Waals surface area contributed by atoms with Crippen molar-refractivity contribution >= 4 is 27.3 Å². The molecule has 0 bridgehead atoms. The van der Waals surface area contributed by atoms with Crippen LogP contribution in [0.2, 0.25) is 0 Å². The first-order valence-electron chi connectivity index (χ1n) is 6.32. The maximum Gasteiger partial charge on any atom is 0.345 e. The van der Waals surface area contributed by atoms with Gasteiger partial charge < -0.3 is 10.2 Å². The second-order valence-electron chi connectivity index (χ2n) is 4.26. The molecule has 0 amide bonds. The number of thiophene rings is 1. The minimum absolute atomic E-state index is 0.00688. The Kier molecular flexibility index (Phi) is 6.12. The van der Waals surface area contributed by atoms with Crippen LogP contribution in [0, 0.1) is 0 Å². The standard InChI is InChI=1S/C12H19NO5S2/c1-3-9(4-2)13(5-6-14)20(17,18)10-7-11(12(15)16)19-8-10/h7-9,14H,3-6H2,1-2H3,(H,15,16). The van der Waals surface area contributed by atoms with Crippen LogP contribution in [-0.2, 0) is 10.0 Å². The SMILES string of the molecule is CCC(CC)N(CCO)S(=O)(=O)c1csc(C(=O)O)c1. The smallest absolute Gasteiger partial charge is 0.345 e. The van der Waals surface area contributed by atoms with Gasteiger partial charge in [-0.1, -0.05) is 13.8 Å². The van der Waals surface area contributed by atoms with E-state index in [0.717, 1.165) is 17.4 Å². The number of sulfonamides is 1. The van der Waals surface area contributed by atoms with Gasteiger partial charge in [-0.05, 0) is 18.9 Å². The molecule has 0 radical (unpaired) electrons. The Balaban J connectivity index is 3.17. The van der Waals surface area contributed by atoms with E-state index in [1.165, 1.54) is 9.69 Å². The summed E-state index contributed by atoms with van der Waals surface area (Å²) in [5, 5.41) is 19.3. The third kappa shape index (κ3) is 3.57. The van der Waals surface area contributed by atoms with Crippen molar-refractivity contribution in [2.24, 2.45) is 0 Å². The van der Waals surface area contributed by atoms with Crippen LogP contribution in [0.4, 0.5) is 0 Å². The number of rotatable bonds is 8. The average Bonchev–Trinajstić information content (AvgIpc) is 2.89. The van der Waals surface area contributed by atoms with Crippen molar-refractivity contribution in [2.75, 3.05) is 13.2 Å². The zero-order valence-corrected chi connectivity index (χ0v) is 13.1. The molecule has 0 aromatic carbocycles. The monoisotopic (exact) mass is 321 g/mol. The molecular weight excluding hydrogens is 302 g/mol. The van der Waals surface area contributed by atoms with Crippen LogP contribution in [0.3, 0.4) is 0 Å². The van der Waals surface area contributed by atoms with Gasteiger partial charge in [0, 0.05) is 18.0 Å². The number of carboxylic acid groups (broad SMARTS) is 1. The zero-order chi connectivity index (χ0) is 15.3. The summed E-state index contributed by atoms with van der Waals surface area (Å²) >= 11 is 0.879. The molecule has 1 aromatic rings. The molecule has 8 heteroatoms. The highest BCUT2D eigenvalue weighted by molar-refractivity contribution is 7.89. The third-order valence-electron chi connectivity index (χ3n) is 3.06. The Labute approximate surface area is 122 Å². The van der Waals surface area contributed by atoms with Crippen molar-refractivity contribution in [3.63, 3.8) is 0 Å². The van der Waals surface area contributed by atoms with Crippen molar-refractivity contribution < 1.29 is 23.4 Å². The van der Waals surface area contributed by atoms with E-state index in [-0.39, 0.29) is 29.0 Å². The van der Waals surface area contributed by atoms with E-state index >= 15 is 0 Å². The molecule has 6 nitrogen and oxygen atoms in total. The van der Waals surface area contributed by atoms with Crippen molar-refractivity contribution in [1.29, 1.82) is 0 Å². The fourth-order valence-corrected chi connectivity index (χ4v) is 4.86. The summed E-state index contributed by atoms with van der Waals surface area (Å²) in [6.07, 6.45) is 1.26. The Morgan fingerprint density at radius 1 is 1.40 bits per heavy atom. The quantitative estimate of drug-likeness (QED) is 0.758. The number of aromatic carboxylic acids is 1. The molecule has 2 N–H and O–H groups in total. The van der Waals surface area contributed by atoms with Gasteiger partial charge in [0.2, 0.25) is 10.0 Å². The lowest BCUT2D eigenvalue weighted by Gasteiger charge is -2.28. The fraction of sp³-hybridized carbons (Fsp3) is 0.583. The van der Waals surface area contributed by atoms with Crippen LogP contribution >= 0.6 is 11.3 Å². The Morgan fingerprint density at radius 3 is 2.40 bits per heavy atom. The summed E-state index contributed by atoms with van der Waals surface area (Å²) in [5.74, 6) is -1.15. The number of aliphatic hydroxyl groups excluding tert-OH is 1. The molecule has 0 fully saturated rings. The van der Waals surface area contributed by atoms with E-state index in [1.807, 2.05) is 13.8 Å². The summed E-state index contributed by atoms with van der Waals surface area (Å²) in [5.41, 5.74) is 0. The van der Waals surface area contributed by atoms with Gasteiger partial charge in [0.05, 0.1) is 11.5 Å². The molecule has 0 aliphatic carbocycles. The molecule has 0 aliphatic rings. The first-order chi connectivity index (χ1) is 9.38. The number of nitrogens with zero attached hydrogens (tertiary/aromatic N) is 1. The minimum atomic E-state index is -3.78. The minimum Gasteiger partial charge on any atom is -0.477 e. The largest absolute Gasteiger partial charge is 0.477 e. The fourth-order valence-electron chi connectivity index (χ4n) is 2.00. The van der Waals surface area contributed by atoms with Crippen LogP contribution in [0.5, 0.6) is 0 Å². The highest BCUT2D eigenvalue weighted by Crippen LogP contribution is 2.25. The van der Waals surface area contributed by atoms with E-state index < -0.39 is 16.0 Å². The highest BCUT2D eigenvalue weighted by atomic mass is 32.2. The zero-order valence-electron chi connectivity index (χ0n) is 11.4. The molecule has 1 aromatic heterocycles. The van der Waals surface area contributed by atoms with Gasteiger partial charge in [0.25, 0.3) is 0 Å². The second-order valence-corrected chi connectivity index (χ2v) is 7.06. The first-order valence-corrected chi connectivity index (χ1v) is 8.64. The van der Waals surface area contributed by atoms with E-state index in [1.54, 1.807) is 0 Å². The molecule has 114 valence electrons. The van der Waals surface area contributed by atoms with Gasteiger partial charge in [0.1, 0.15) is 4.88 Å². The number of carboxylic acids is 1. The summed E-state index contributed by atoms with van der Waals surface area (Å²) in [6, 6.07) is 0.954. The summed E-state index contributed by atoms with van der Waals surface area (Å²) in [6.45, 7) is 3.49. The number of hydrogen-bond acceptors (Lipinski definition) is 5. The molecule has 1 rings (SSSR count). The maximum absolute atomic E-state index is 12.5. The topological polar surface area (TPSA) is 94.9 Å². The van der Waals surface area contributed by atoms with Crippen LogP contribution in [-0.4, -0.2) is 48.1 Å². The molecule has 20 heavy (non-hydrogen) atoms. The molecule has 0 atom stereocenters. The molecule has 0 spiro atoms. The van der Waals surface area contributed by atoms with E-state index in [9.17, 15) is 13.2 Å². The lowest BCUT2D eigenvalue weighted by Crippen LogP contribution is -2.41. The Hall–Kier alpha value is -0.960. The van der Waals surface area contributed by atoms with Gasteiger partial charge in [0.15, 0.2) is 0 Å². The number of aliphatic hydroxyl groups is 1. The van der Waals surface area contributed by atoms with Crippen LogP contribution < -0.4 is 0 Å². The predicted molar refractivity (Wildman–Crippen MR) is 76.6 cm³/mol. The van der Waals surface area contributed by atoms with Gasteiger partial charge >= 0.3 is 5.97 Å². The van der Waals surface area contributed by atoms with Crippen LogP contribution in [0.25, 0.3) is 0 Å². The number of carbonyl (C=O) groups is 1. The van der Waals surface area contributed by atoms with Gasteiger partial charge in [-0.3, -0.25) is 0 Å². The first kappa shape index (κ1) is 17.1. The maximum atomic E-state index is 12.5. The van der Waals surface area contributed by atoms with Crippen LogP contribution in [0.15, 0.2) is 16.3 Å². The van der Waals surface area contributed by atoms with Gasteiger partial charge in [-0.25, -0.2) is 13.2 Å². The van der Waals surface area contributed by atoms with E-state index in [0.29, 0.717) is 12.8 Å². The molecule has 1 heterocycles. The summed E-state index contributed by atoms with van der Waals surface area (Å²) < 4.78 is 26.3. The lowest BCUT2D eigenvalue weighted by molar-refractivity contribution is 0.0702. The molecule has 0 unspecified atom stereocenters. The van der Waals surface area contributed by atoms with E-state index in [4.69, 9.17) is 10.2 Å². The summed E-state index contributed by atoms with van der Waals surface area (Å²) in [7, 11) is -3.78. The third-order valence-corrected chi connectivity index (χ3v) is 6.06. The Bertz CT molecular complexity index is 548. The van der Waals surface area contributed by atoms with Gasteiger partial charge in [-0.15, -0.1) is 11.3 Å².